The maximum Gasteiger partial charge on any atom is 0.306 e. The van der Waals surface area contributed by atoms with E-state index in [2.05, 4.69) is 26.8 Å². The van der Waals surface area contributed by atoms with E-state index < -0.39 is 12.2 Å². The average molecular weight is 413 g/mol. The number of allylic oxidation sites excluding steroid dienone is 1. The fourth-order valence-electron chi connectivity index (χ4n) is 4.80. The minimum Gasteiger partial charge on any atom is -0.460 e. The number of aliphatic hydroxyl groups excluding tert-OH is 2. The van der Waals surface area contributed by atoms with Crippen LogP contribution in [0.2, 0.25) is 0 Å². The summed E-state index contributed by atoms with van der Waals surface area (Å²) in [6, 6.07) is 0. The number of carbonyl (C=O) groups is 1. The summed E-state index contributed by atoms with van der Waals surface area (Å²) in [5.74, 6) is -0.392. The molecule has 29 heavy (non-hydrogen) atoms. The van der Waals surface area contributed by atoms with Crippen LogP contribution in [0.4, 0.5) is 0 Å². The van der Waals surface area contributed by atoms with Crippen LogP contribution in [-0.4, -0.2) is 71.6 Å². The molecule has 0 aromatic rings. The van der Waals surface area contributed by atoms with Crippen LogP contribution < -0.4 is 0 Å². The van der Waals surface area contributed by atoms with Crippen LogP contribution in [-0.2, 0) is 23.7 Å². The highest BCUT2D eigenvalue weighted by Crippen LogP contribution is 2.59. The van der Waals surface area contributed by atoms with E-state index in [1.165, 1.54) is 12.5 Å². The third-order valence-corrected chi connectivity index (χ3v) is 6.72. The molecule has 0 aromatic carbocycles. The average Bonchev–Trinajstić information content (AvgIpc) is 3.57. The molecular weight excluding hydrogens is 376 g/mol. The van der Waals surface area contributed by atoms with Gasteiger partial charge in [0, 0.05) is 13.5 Å². The van der Waals surface area contributed by atoms with Gasteiger partial charge in [-0.2, -0.15) is 0 Å². The molecule has 0 aromatic heterocycles. The Bertz CT molecular complexity index is 623. The van der Waals surface area contributed by atoms with E-state index in [1.807, 2.05) is 0 Å². The predicted octanol–water partition coefficient (Wildman–Crippen LogP) is 2.13. The van der Waals surface area contributed by atoms with Crippen molar-refractivity contribution >= 4 is 5.97 Å². The van der Waals surface area contributed by atoms with Crippen molar-refractivity contribution in [3.8, 4) is 0 Å². The van der Waals surface area contributed by atoms with E-state index in [1.54, 1.807) is 7.11 Å². The number of methoxy groups -OCH3 is 1. The minimum absolute atomic E-state index is 0.00911. The summed E-state index contributed by atoms with van der Waals surface area (Å²) in [4.78, 5) is 12.3. The third kappa shape index (κ3) is 4.85. The molecule has 8 atom stereocenters. The number of hydrogen-bond acceptors (Lipinski definition) is 7. The number of aliphatic hydroxyl groups is 2. The maximum absolute atomic E-state index is 12.3. The molecule has 7 nitrogen and oxygen atoms in total. The van der Waals surface area contributed by atoms with E-state index in [0.29, 0.717) is 13.0 Å². The summed E-state index contributed by atoms with van der Waals surface area (Å²) in [6.45, 7) is 8.45. The van der Waals surface area contributed by atoms with E-state index >= 15 is 0 Å². The molecule has 3 fully saturated rings. The van der Waals surface area contributed by atoms with Crippen molar-refractivity contribution < 1.29 is 34.0 Å². The second-order valence-corrected chi connectivity index (χ2v) is 9.25. The normalized spacial score (nSPS) is 40.2. The Kier molecular flexibility index (Phi) is 6.75. The van der Waals surface area contributed by atoms with Crippen molar-refractivity contribution in [3.63, 3.8) is 0 Å². The van der Waals surface area contributed by atoms with Crippen molar-refractivity contribution in [2.45, 2.75) is 102 Å². The lowest BCUT2D eigenvalue weighted by molar-refractivity contribution is -0.172. The second kappa shape index (κ2) is 8.63. The van der Waals surface area contributed by atoms with Gasteiger partial charge in [0.05, 0.1) is 30.8 Å². The summed E-state index contributed by atoms with van der Waals surface area (Å²) < 4.78 is 23.7. The molecule has 2 heterocycles. The smallest absolute Gasteiger partial charge is 0.306 e. The second-order valence-electron chi connectivity index (χ2n) is 9.25. The first-order valence-electron chi connectivity index (χ1n) is 10.7. The van der Waals surface area contributed by atoms with Gasteiger partial charge in [0.25, 0.3) is 0 Å². The first-order valence-corrected chi connectivity index (χ1v) is 10.7. The standard InChI is InChI=1S/C22H36O7/c1-13(2)6-8-17-21(4,29-17)20-19(26-5)16(10-11-22(20)12-27-22)28-18(25)9-7-15(24)14(3)23/h6,14-17,19-20,23-24H,7-12H2,1-5H3. The summed E-state index contributed by atoms with van der Waals surface area (Å²) in [5, 5.41) is 19.1. The Balaban J connectivity index is 1.66. The highest BCUT2D eigenvalue weighted by atomic mass is 16.6. The van der Waals surface area contributed by atoms with Crippen molar-refractivity contribution in [1.29, 1.82) is 0 Å². The summed E-state index contributed by atoms with van der Waals surface area (Å²) in [6.07, 6.45) is 2.37. The van der Waals surface area contributed by atoms with Gasteiger partial charge in [-0.1, -0.05) is 11.6 Å². The van der Waals surface area contributed by atoms with Gasteiger partial charge in [-0.3, -0.25) is 4.79 Å². The summed E-state index contributed by atoms with van der Waals surface area (Å²) >= 11 is 0. The van der Waals surface area contributed by atoms with Crippen LogP contribution in [0.5, 0.6) is 0 Å². The highest BCUT2D eigenvalue weighted by molar-refractivity contribution is 5.69. The maximum atomic E-state index is 12.3. The van der Waals surface area contributed by atoms with Gasteiger partial charge in [-0.05, 0) is 53.4 Å². The first kappa shape index (κ1) is 22.7. The molecule has 1 spiro atoms. The van der Waals surface area contributed by atoms with Crippen molar-refractivity contribution in [1.82, 2.24) is 0 Å². The molecule has 0 bridgehead atoms. The van der Waals surface area contributed by atoms with E-state index in [4.69, 9.17) is 18.9 Å². The van der Waals surface area contributed by atoms with Crippen molar-refractivity contribution in [2.24, 2.45) is 5.92 Å². The zero-order valence-electron chi connectivity index (χ0n) is 18.2. The molecule has 3 aliphatic rings. The number of rotatable bonds is 9. The van der Waals surface area contributed by atoms with Crippen molar-refractivity contribution in [3.05, 3.63) is 11.6 Å². The SMILES string of the molecule is COC1C(OC(=O)CCC(O)C(C)O)CCC2(CO2)C1C1(C)OC1CC=C(C)C. The molecular formula is C22H36O7. The Morgan fingerprint density at radius 1 is 1.34 bits per heavy atom. The van der Waals surface area contributed by atoms with Crippen LogP contribution in [0.25, 0.3) is 0 Å². The zero-order chi connectivity index (χ0) is 21.4. The summed E-state index contributed by atoms with van der Waals surface area (Å²) in [5.41, 5.74) is 0.649. The van der Waals surface area contributed by atoms with Gasteiger partial charge in [0.1, 0.15) is 23.4 Å². The van der Waals surface area contributed by atoms with Crippen LogP contribution in [0.3, 0.4) is 0 Å². The fraction of sp³-hybridized carbons (Fsp3) is 0.864. The molecule has 8 unspecified atom stereocenters. The molecule has 1 saturated carbocycles. The Hall–Kier alpha value is -0.990. The van der Waals surface area contributed by atoms with E-state index in [9.17, 15) is 15.0 Å². The van der Waals surface area contributed by atoms with E-state index in [0.717, 1.165) is 12.8 Å². The minimum atomic E-state index is -0.933. The first-order chi connectivity index (χ1) is 13.6. The van der Waals surface area contributed by atoms with Gasteiger partial charge < -0.3 is 29.2 Å². The van der Waals surface area contributed by atoms with Gasteiger partial charge in [-0.15, -0.1) is 0 Å². The number of carbonyl (C=O) groups excluding carboxylic acids is 1. The van der Waals surface area contributed by atoms with Crippen LogP contribution >= 0.6 is 0 Å². The number of hydrogen-bond donors (Lipinski definition) is 2. The van der Waals surface area contributed by atoms with Gasteiger partial charge in [0.15, 0.2) is 0 Å². The quantitative estimate of drug-likeness (QED) is 0.340. The van der Waals surface area contributed by atoms with Crippen LogP contribution in [0, 0.1) is 5.92 Å². The molecule has 0 radical (unpaired) electrons. The van der Waals surface area contributed by atoms with Gasteiger partial charge in [-0.25, -0.2) is 0 Å². The van der Waals surface area contributed by atoms with Crippen LogP contribution in [0.15, 0.2) is 11.6 Å². The summed E-state index contributed by atoms with van der Waals surface area (Å²) in [7, 11) is 1.65. The number of epoxide rings is 2. The van der Waals surface area contributed by atoms with E-state index in [-0.39, 0.29) is 54.2 Å². The molecule has 2 aliphatic heterocycles. The van der Waals surface area contributed by atoms with Gasteiger partial charge in [0.2, 0.25) is 0 Å². The third-order valence-electron chi connectivity index (χ3n) is 6.72. The van der Waals surface area contributed by atoms with Crippen molar-refractivity contribution in [2.75, 3.05) is 13.7 Å². The monoisotopic (exact) mass is 412 g/mol. The van der Waals surface area contributed by atoms with Gasteiger partial charge >= 0.3 is 5.97 Å². The number of ether oxygens (including phenoxy) is 4. The molecule has 1 aliphatic carbocycles. The number of esters is 1. The Morgan fingerprint density at radius 3 is 2.59 bits per heavy atom. The molecule has 2 saturated heterocycles. The predicted molar refractivity (Wildman–Crippen MR) is 106 cm³/mol. The largest absolute Gasteiger partial charge is 0.460 e. The topological polar surface area (TPSA) is 101 Å². The fourth-order valence-corrected chi connectivity index (χ4v) is 4.80. The van der Waals surface area contributed by atoms with Crippen LogP contribution in [0.1, 0.15) is 59.8 Å². The highest BCUT2D eigenvalue weighted by Gasteiger charge is 2.72. The molecule has 7 heteroatoms. The molecule has 3 rings (SSSR count). The lowest BCUT2D eigenvalue weighted by Crippen LogP contribution is -2.55. The molecule has 0 amide bonds. The zero-order valence-corrected chi connectivity index (χ0v) is 18.2. The molecule has 166 valence electrons. The lowest BCUT2D eigenvalue weighted by Gasteiger charge is -2.42. The Morgan fingerprint density at radius 2 is 2.03 bits per heavy atom. The Labute approximate surface area is 173 Å². The molecule has 2 N–H and O–H groups in total. The lowest BCUT2D eigenvalue weighted by atomic mass is 9.68.